The molecule has 0 saturated carbocycles. The van der Waals surface area contributed by atoms with Gasteiger partial charge in [0.2, 0.25) is 0 Å². The zero-order valence-corrected chi connectivity index (χ0v) is 21.0. The van der Waals surface area contributed by atoms with Gasteiger partial charge in [-0.05, 0) is 88.3 Å². The molecule has 164 valence electrons. The highest BCUT2D eigenvalue weighted by Gasteiger charge is 2.30. The summed E-state index contributed by atoms with van der Waals surface area (Å²) in [6, 6.07) is 27.1. The molecule has 1 aliphatic carbocycles. The van der Waals surface area contributed by atoms with E-state index in [4.69, 9.17) is 4.98 Å². The molecule has 6 aromatic rings. The zero-order chi connectivity index (χ0) is 23.0. The number of benzene rings is 3. The summed E-state index contributed by atoms with van der Waals surface area (Å²) in [5, 5.41) is 2.71. The van der Waals surface area contributed by atoms with Gasteiger partial charge in [0, 0.05) is 32.0 Å². The van der Waals surface area contributed by atoms with Crippen molar-refractivity contribution in [3.63, 3.8) is 0 Å². The molecule has 0 unspecified atom stereocenters. The fraction of sp³-hybridized carbons (Fsp3) is 0.129. The molecule has 0 fully saturated rings. The van der Waals surface area contributed by atoms with Crippen molar-refractivity contribution in [3.8, 4) is 32.1 Å². The van der Waals surface area contributed by atoms with Crippen LogP contribution in [0.5, 0.6) is 0 Å². The number of rotatable bonds is 2. The molecular weight excluding hydrogens is 450 g/mol. The third-order valence-electron chi connectivity index (χ3n) is 7.10. The minimum atomic E-state index is 0.413. The molecule has 0 N–H and O–H groups in total. The second kappa shape index (κ2) is 7.36. The highest BCUT2D eigenvalue weighted by molar-refractivity contribution is 7.22. The largest absolute Gasteiger partial charge is 0.255 e. The lowest BCUT2D eigenvalue weighted by Crippen LogP contribution is -1.91. The monoisotopic (exact) mass is 473 g/mol. The van der Waals surface area contributed by atoms with Crippen molar-refractivity contribution in [1.29, 1.82) is 0 Å². The Kier molecular flexibility index (Phi) is 4.36. The second-order valence-electron chi connectivity index (χ2n) is 9.45. The maximum Gasteiger partial charge on any atom is 0.0802 e. The predicted molar refractivity (Wildman–Crippen MR) is 148 cm³/mol. The van der Waals surface area contributed by atoms with E-state index in [1.165, 1.54) is 68.9 Å². The van der Waals surface area contributed by atoms with Gasteiger partial charge in [-0.3, -0.25) is 4.98 Å². The molecule has 7 rings (SSSR count). The van der Waals surface area contributed by atoms with Crippen molar-refractivity contribution in [2.24, 2.45) is 0 Å². The molecule has 1 atom stereocenters. The van der Waals surface area contributed by atoms with E-state index in [0.29, 0.717) is 5.92 Å². The van der Waals surface area contributed by atoms with Crippen LogP contribution in [0.25, 0.3) is 52.3 Å². The molecule has 0 bridgehead atoms. The summed E-state index contributed by atoms with van der Waals surface area (Å²) in [5.41, 5.74) is 10.4. The topological polar surface area (TPSA) is 12.9 Å². The molecule has 1 aliphatic rings. The average molecular weight is 474 g/mol. The number of hydrogen-bond donors (Lipinski definition) is 0. The van der Waals surface area contributed by atoms with Crippen molar-refractivity contribution in [2.45, 2.75) is 26.7 Å². The van der Waals surface area contributed by atoms with Crippen LogP contribution in [0, 0.1) is 13.8 Å². The summed E-state index contributed by atoms with van der Waals surface area (Å²) in [4.78, 5) is 7.52. The first-order chi connectivity index (χ1) is 16.5. The summed E-state index contributed by atoms with van der Waals surface area (Å²) < 4.78 is 2.73. The highest BCUT2D eigenvalue weighted by atomic mass is 32.1. The van der Waals surface area contributed by atoms with Gasteiger partial charge in [-0.2, -0.15) is 0 Å². The first kappa shape index (κ1) is 20.1. The normalized spacial score (nSPS) is 14.6. The summed E-state index contributed by atoms with van der Waals surface area (Å²) in [5.74, 6) is 0.413. The lowest BCUT2D eigenvalue weighted by molar-refractivity contribution is 0.969. The van der Waals surface area contributed by atoms with Crippen molar-refractivity contribution in [1.82, 2.24) is 4.98 Å². The number of fused-ring (bicyclic) bond motifs is 6. The van der Waals surface area contributed by atoms with Crippen LogP contribution < -0.4 is 0 Å². The minimum Gasteiger partial charge on any atom is -0.255 e. The Morgan fingerprint density at radius 2 is 1.53 bits per heavy atom. The molecule has 0 spiro atoms. The van der Waals surface area contributed by atoms with Crippen molar-refractivity contribution >= 4 is 42.8 Å². The maximum atomic E-state index is 4.85. The lowest BCUT2D eigenvalue weighted by Gasteiger charge is -2.10. The molecule has 0 amide bonds. The van der Waals surface area contributed by atoms with E-state index in [2.05, 4.69) is 93.6 Å². The molecule has 0 radical (unpaired) electrons. The van der Waals surface area contributed by atoms with E-state index in [-0.39, 0.29) is 0 Å². The van der Waals surface area contributed by atoms with Crippen LogP contribution >= 0.6 is 22.7 Å². The Labute approximate surface area is 207 Å². The maximum absolute atomic E-state index is 4.85. The molecule has 34 heavy (non-hydrogen) atoms. The number of aryl methyl sites for hydroxylation is 2. The van der Waals surface area contributed by atoms with E-state index in [9.17, 15) is 0 Å². The summed E-state index contributed by atoms with van der Waals surface area (Å²) in [6.07, 6.45) is 2.03. The Morgan fingerprint density at radius 3 is 2.35 bits per heavy atom. The van der Waals surface area contributed by atoms with Gasteiger partial charge in [0.1, 0.15) is 0 Å². The summed E-state index contributed by atoms with van der Waals surface area (Å²) in [6.45, 7) is 6.67. The molecule has 3 aromatic heterocycles. The van der Waals surface area contributed by atoms with E-state index >= 15 is 0 Å². The van der Waals surface area contributed by atoms with Crippen LogP contribution in [-0.2, 0) is 0 Å². The zero-order valence-electron chi connectivity index (χ0n) is 19.3. The lowest BCUT2D eigenvalue weighted by atomic mass is 9.94. The number of nitrogens with zero attached hydrogens (tertiary/aromatic N) is 1. The van der Waals surface area contributed by atoms with Crippen molar-refractivity contribution < 1.29 is 0 Å². The van der Waals surface area contributed by atoms with E-state index < -0.39 is 0 Å². The van der Waals surface area contributed by atoms with Crippen molar-refractivity contribution in [2.75, 3.05) is 0 Å². The second-order valence-corrected chi connectivity index (χ2v) is 11.6. The van der Waals surface area contributed by atoms with Crippen LogP contribution in [0.1, 0.15) is 35.1 Å². The number of aromatic nitrogens is 1. The molecule has 0 aliphatic heterocycles. The molecule has 3 heterocycles. The molecule has 3 heteroatoms. The van der Waals surface area contributed by atoms with Gasteiger partial charge in [-0.1, -0.05) is 49.4 Å². The number of hydrogen-bond acceptors (Lipinski definition) is 3. The highest BCUT2D eigenvalue weighted by Crippen LogP contribution is 2.53. The van der Waals surface area contributed by atoms with E-state index in [0.717, 1.165) is 5.69 Å². The fourth-order valence-corrected chi connectivity index (χ4v) is 7.87. The number of thiophene rings is 2. The van der Waals surface area contributed by atoms with Crippen molar-refractivity contribution in [3.05, 3.63) is 101 Å². The Hall–Kier alpha value is -3.27. The van der Waals surface area contributed by atoms with E-state index in [1.807, 2.05) is 28.9 Å². The molecule has 1 nitrogen and oxygen atoms in total. The van der Waals surface area contributed by atoms with E-state index in [1.54, 1.807) is 0 Å². The molecule has 0 saturated heterocycles. The van der Waals surface area contributed by atoms with Crippen LogP contribution in [0.3, 0.4) is 0 Å². The Morgan fingerprint density at radius 1 is 0.735 bits per heavy atom. The van der Waals surface area contributed by atoms with Gasteiger partial charge < -0.3 is 0 Å². The SMILES string of the molecule is Cc1ccc2cc(-c3ccc(-c4ccc5c(c4)[C@@H](C)c4c-5sc5cc(C)ccc45)cn3)sc2c1. The summed E-state index contributed by atoms with van der Waals surface area (Å²) >= 11 is 3.76. The van der Waals surface area contributed by atoms with Gasteiger partial charge in [0.05, 0.1) is 10.6 Å². The minimum absolute atomic E-state index is 0.413. The van der Waals surface area contributed by atoms with Gasteiger partial charge in [-0.25, -0.2) is 0 Å². The standard InChI is InChI=1S/C31H23NS2/c1-17-4-6-21-15-29(33-27(21)12-17)26-11-8-22(16-32-26)20-7-10-23-25(14-20)19(3)30-24-9-5-18(2)13-28(24)34-31(23)30/h4-16,19H,1-3H3/t19-/m1/s1. The Bertz CT molecular complexity index is 1730. The first-order valence-electron chi connectivity index (χ1n) is 11.7. The molecular formula is C31H23NS2. The predicted octanol–water partition coefficient (Wildman–Crippen LogP) is 9.59. The summed E-state index contributed by atoms with van der Waals surface area (Å²) in [7, 11) is 0. The van der Waals surface area contributed by atoms with Gasteiger partial charge >= 0.3 is 0 Å². The van der Waals surface area contributed by atoms with Crippen LogP contribution in [-0.4, -0.2) is 4.98 Å². The average Bonchev–Trinajstić information content (AvgIpc) is 3.51. The third-order valence-corrected chi connectivity index (χ3v) is 9.43. The van der Waals surface area contributed by atoms with Crippen LogP contribution in [0.4, 0.5) is 0 Å². The first-order valence-corrected chi connectivity index (χ1v) is 13.3. The third kappa shape index (κ3) is 3.01. The van der Waals surface area contributed by atoms with Gasteiger partial charge in [-0.15, -0.1) is 22.7 Å². The number of pyridine rings is 1. The fourth-order valence-electron chi connectivity index (χ4n) is 5.29. The smallest absolute Gasteiger partial charge is 0.0802 e. The Balaban J connectivity index is 1.25. The van der Waals surface area contributed by atoms with Gasteiger partial charge in [0.25, 0.3) is 0 Å². The van der Waals surface area contributed by atoms with Gasteiger partial charge in [0.15, 0.2) is 0 Å². The van der Waals surface area contributed by atoms with Crippen LogP contribution in [0.15, 0.2) is 79.0 Å². The van der Waals surface area contributed by atoms with Crippen LogP contribution in [0.2, 0.25) is 0 Å². The quantitative estimate of drug-likeness (QED) is 0.244. The molecule has 3 aromatic carbocycles.